The van der Waals surface area contributed by atoms with Crippen LogP contribution in [0, 0.1) is 0 Å². The zero-order chi connectivity index (χ0) is 16.1. The number of likely N-dealkylation sites (N-methyl/N-ethyl adjacent to an activating group) is 1. The maximum atomic E-state index is 5.75. The van der Waals surface area contributed by atoms with Gasteiger partial charge in [0.2, 0.25) is 0 Å². The van der Waals surface area contributed by atoms with Gasteiger partial charge in [0.25, 0.3) is 0 Å². The highest BCUT2D eigenvalue weighted by atomic mass is 16.5. The van der Waals surface area contributed by atoms with Crippen LogP contribution in [0.25, 0.3) is 0 Å². The van der Waals surface area contributed by atoms with Crippen molar-refractivity contribution in [3.63, 3.8) is 0 Å². The first-order valence-corrected chi connectivity index (χ1v) is 8.48. The van der Waals surface area contributed by atoms with Gasteiger partial charge in [-0.2, -0.15) is 0 Å². The summed E-state index contributed by atoms with van der Waals surface area (Å²) in [6.07, 6.45) is 3.38. The number of nitrogens with two attached hydrogens (primary N) is 1. The monoisotopic (exact) mass is 310 g/mol. The summed E-state index contributed by atoms with van der Waals surface area (Å²) < 4.78 is 5.75. The van der Waals surface area contributed by atoms with E-state index in [1.165, 1.54) is 23.1 Å². The van der Waals surface area contributed by atoms with Crippen LogP contribution in [0.1, 0.15) is 29.2 Å². The van der Waals surface area contributed by atoms with Crippen molar-refractivity contribution < 1.29 is 4.74 Å². The highest BCUT2D eigenvalue weighted by Gasteiger charge is 2.23. The van der Waals surface area contributed by atoms with Crippen LogP contribution >= 0.6 is 0 Å². The Labute approximate surface area is 139 Å². The minimum Gasteiger partial charge on any atom is -0.492 e. The molecular formula is C20H26N2O. The van der Waals surface area contributed by atoms with Crippen molar-refractivity contribution in [2.45, 2.75) is 25.3 Å². The predicted molar refractivity (Wildman–Crippen MR) is 94.8 cm³/mol. The lowest BCUT2D eigenvalue weighted by Gasteiger charge is -2.28. The Bertz CT molecular complexity index is 627. The first-order chi connectivity index (χ1) is 11.3. The lowest BCUT2D eigenvalue weighted by molar-refractivity contribution is 0.248. The maximum Gasteiger partial charge on any atom is 0.119 e. The molecule has 122 valence electrons. The summed E-state index contributed by atoms with van der Waals surface area (Å²) in [5, 5.41) is 0. The van der Waals surface area contributed by atoms with Gasteiger partial charge in [-0.3, -0.25) is 4.90 Å². The molecule has 1 heterocycles. The SMILES string of the molecule is CN1CCCc2ccc(OCCN)cc2C1Cc1ccccc1. The number of nitrogens with zero attached hydrogens (tertiary/aromatic N) is 1. The molecule has 0 spiro atoms. The number of benzene rings is 2. The molecule has 1 unspecified atom stereocenters. The lowest BCUT2D eigenvalue weighted by Crippen LogP contribution is -2.26. The Hall–Kier alpha value is -1.84. The van der Waals surface area contributed by atoms with Crippen LogP contribution < -0.4 is 10.5 Å². The Morgan fingerprint density at radius 3 is 2.78 bits per heavy atom. The number of ether oxygens (including phenoxy) is 1. The summed E-state index contributed by atoms with van der Waals surface area (Å²) >= 11 is 0. The van der Waals surface area contributed by atoms with Gasteiger partial charge in [-0.25, -0.2) is 0 Å². The molecule has 0 amide bonds. The lowest BCUT2D eigenvalue weighted by atomic mass is 9.93. The van der Waals surface area contributed by atoms with E-state index in [2.05, 4.69) is 60.5 Å². The minimum atomic E-state index is 0.399. The smallest absolute Gasteiger partial charge is 0.119 e. The Kier molecular flexibility index (Phi) is 5.31. The van der Waals surface area contributed by atoms with E-state index in [1.807, 2.05) is 0 Å². The molecule has 2 aromatic rings. The van der Waals surface area contributed by atoms with E-state index in [-0.39, 0.29) is 0 Å². The minimum absolute atomic E-state index is 0.399. The second kappa shape index (κ2) is 7.62. The number of fused-ring (bicyclic) bond motifs is 1. The number of rotatable bonds is 5. The first-order valence-electron chi connectivity index (χ1n) is 8.48. The molecule has 1 aliphatic heterocycles. The highest BCUT2D eigenvalue weighted by Crippen LogP contribution is 2.33. The molecule has 0 saturated heterocycles. The summed E-state index contributed by atoms with van der Waals surface area (Å²) in [5.41, 5.74) is 9.80. The van der Waals surface area contributed by atoms with Crippen LogP contribution in [0.3, 0.4) is 0 Å². The third kappa shape index (κ3) is 3.92. The van der Waals surface area contributed by atoms with Gasteiger partial charge in [0.05, 0.1) is 0 Å². The molecule has 3 nitrogen and oxygen atoms in total. The molecule has 0 fully saturated rings. The van der Waals surface area contributed by atoms with Crippen molar-refractivity contribution in [2.75, 3.05) is 26.7 Å². The van der Waals surface area contributed by atoms with E-state index in [4.69, 9.17) is 10.5 Å². The molecule has 0 aliphatic carbocycles. The third-order valence-electron chi connectivity index (χ3n) is 4.62. The maximum absolute atomic E-state index is 5.75. The quantitative estimate of drug-likeness (QED) is 0.922. The zero-order valence-corrected chi connectivity index (χ0v) is 13.9. The summed E-state index contributed by atoms with van der Waals surface area (Å²) in [6, 6.07) is 17.7. The van der Waals surface area contributed by atoms with E-state index >= 15 is 0 Å². The summed E-state index contributed by atoms with van der Waals surface area (Å²) in [7, 11) is 2.23. The molecule has 1 aliphatic rings. The summed E-state index contributed by atoms with van der Waals surface area (Å²) in [5.74, 6) is 0.933. The van der Waals surface area contributed by atoms with Crippen LogP contribution in [0.4, 0.5) is 0 Å². The van der Waals surface area contributed by atoms with Gasteiger partial charge in [-0.15, -0.1) is 0 Å². The molecule has 2 aromatic carbocycles. The van der Waals surface area contributed by atoms with Crippen LogP contribution in [0.15, 0.2) is 48.5 Å². The molecular weight excluding hydrogens is 284 g/mol. The van der Waals surface area contributed by atoms with Gasteiger partial charge < -0.3 is 10.5 Å². The second-order valence-electron chi connectivity index (χ2n) is 6.29. The van der Waals surface area contributed by atoms with Crippen LogP contribution in [0.5, 0.6) is 5.75 Å². The van der Waals surface area contributed by atoms with E-state index in [1.54, 1.807) is 0 Å². The van der Waals surface area contributed by atoms with Crippen molar-refractivity contribution in [3.05, 3.63) is 65.2 Å². The first kappa shape index (κ1) is 16.0. The van der Waals surface area contributed by atoms with E-state index in [0.717, 1.165) is 25.1 Å². The summed E-state index contributed by atoms with van der Waals surface area (Å²) in [4.78, 5) is 2.48. The Balaban J connectivity index is 1.91. The van der Waals surface area contributed by atoms with E-state index in [0.29, 0.717) is 19.2 Å². The molecule has 2 N–H and O–H groups in total. The second-order valence-corrected chi connectivity index (χ2v) is 6.29. The number of hydrogen-bond donors (Lipinski definition) is 1. The molecule has 1 atom stereocenters. The fraction of sp³-hybridized carbons (Fsp3) is 0.400. The third-order valence-corrected chi connectivity index (χ3v) is 4.62. The van der Waals surface area contributed by atoms with Gasteiger partial charge in [-0.05, 0) is 61.7 Å². The van der Waals surface area contributed by atoms with Crippen molar-refractivity contribution in [3.8, 4) is 5.75 Å². The molecule has 0 saturated carbocycles. The number of hydrogen-bond acceptors (Lipinski definition) is 3. The van der Waals surface area contributed by atoms with Gasteiger partial charge in [0.1, 0.15) is 12.4 Å². The number of aryl methyl sites for hydroxylation is 1. The van der Waals surface area contributed by atoms with Crippen molar-refractivity contribution in [1.29, 1.82) is 0 Å². The standard InChI is InChI=1S/C20H26N2O/c1-22-12-5-8-17-9-10-18(23-13-11-21)15-19(17)20(22)14-16-6-3-2-4-7-16/h2-4,6-7,9-10,15,20H,5,8,11-14,21H2,1H3. The largest absolute Gasteiger partial charge is 0.492 e. The van der Waals surface area contributed by atoms with Crippen molar-refractivity contribution >= 4 is 0 Å². The van der Waals surface area contributed by atoms with Crippen LogP contribution in [-0.2, 0) is 12.8 Å². The molecule has 0 bridgehead atoms. The van der Waals surface area contributed by atoms with E-state index in [9.17, 15) is 0 Å². The normalized spacial score (nSPS) is 18.3. The van der Waals surface area contributed by atoms with Crippen molar-refractivity contribution in [1.82, 2.24) is 4.90 Å². The zero-order valence-electron chi connectivity index (χ0n) is 13.9. The van der Waals surface area contributed by atoms with Gasteiger partial charge >= 0.3 is 0 Å². The van der Waals surface area contributed by atoms with Gasteiger partial charge in [0, 0.05) is 12.6 Å². The molecule has 3 rings (SSSR count). The Morgan fingerprint density at radius 1 is 1.17 bits per heavy atom. The van der Waals surface area contributed by atoms with Crippen LogP contribution in [0.2, 0.25) is 0 Å². The predicted octanol–water partition coefficient (Wildman–Crippen LogP) is 3.19. The van der Waals surface area contributed by atoms with Gasteiger partial charge in [-0.1, -0.05) is 36.4 Å². The highest BCUT2D eigenvalue weighted by molar-refractivity contribution is 5.39. The van der Waals surface area contributed by atoms with E-state index < -0.39 is 0 Å². The fourth-order valence-corrected chi connectivity index (χ4v) is 3.39. The average molecular weight is 310 g/mol. The molecule has 0 radical (unpaired) electrons. The molecule has 0 aromatic heterocycles. The average Bonchev–Trinajstić information content (AvgIpc) is 2.73. The van der Waals surface area contributed by atoms with Gasteiger partial charge in [0.15, 0.2) is 0 Å². The van der Waals surface area contributed by atoms with Crippen molar-refractivity contribution in [2.24, 2.45) is 5.73 Å². The topological polar surface area (TPSA) is 38.5 Å². The fourth-order valence-electron chi connectivity index (χ4n) is 3.39. The van der Waals surface area contributed by atoms with Crippen LogP contribution in [-0.4, -0.2) is 31.6 Å². The molecule has 3 heteroatoms. The summed E-state index contributed by atoms with van der Waals surface area (Å²) in [6.45, 7) is 2.24. The Morgan fingerprint density at radius 2 is 2.00 bits per heavy atom. The molecule has 23 heavy (non-hydrogen) atoms.